The molecule has 0 unspecified atom stereocenters. The van der Waals surface area contributed by atoms with Crippen LogP contribution in [0.5, 0.6) is 11.5 Å². The van der Waals surface area contributed by atoms with Crippen molar-refractivity contribution in [1.82, 2.24) is 5.43 Å². The number of benzene rings is 1. The fraction of sp³-hybridized carbons (Fsp3) is 0.250. The Morgan fingerprint density at radius 3 is 3.17 bits per heavy atom. The van der Waals surface area contributed by atoms with Crippen molar-refractivity contribution in [1.29, 1.82) is 5.26 Å². The van der Waals surface area contributed by atoms with Crippen LogP contribution in [0.4, 0.5) is 0 Å². The lowest BCUT2D eigenvalue weighted by molar-refractivity contribution is -0.120. The molecule has 0 fully saturated rings. The van der Waals surface area contributed by atoms with Crippen LogP contribution in [0.25, 0.3) is 0 Å². The standard InChI is InChI=1S/C12H11N3O3/c13-5-4-11(16)15-14-8-9-2-1-3-10-12(9)18-7-6-17-10/h1-3,8H,4,6-7H2,(H,15,16)/b14-8-. The molecular formula is C12H11N3O3. The lowest BCUT2D eigenvalue weighted by Crippen LogP contribution is -2.18. The number of rotatable bonds is 3. The first-order valence-corrected chi connectivity index (χ1v) is 5.38. The predicted molar refractivity (Wildman–Crippen MR) is 63.4 cm³/mol. The normalized spacial score (nSPS) is 13.1. The number of nitriles is 1. The molecule has 0 radical (unpaired) electrons. The van der Waals surface area contributed by atoms with E-state index in [2.05, 4.69) is 10.5 Å². The van der Waals surface area contributed by atoms with Crippen LogP contribution in [0.1, 0.15) is 12.0 Å². The SMILES string of the molecule is N#CCC(=O)N/N=C\c1cccc2c1OCCO2. The van der Waals surface area contributed by atoms with Crippen molar-refractivity contribution < 1.29 is 14.3 Å². The largest absolute Gasteiger partial charge is 0.486 e. The minimum absolute atomic E-state index is 0.218. The second kappa shape index (κ2) is 5.68. The minimum atomic E-state index is -0.448. The number of hydrogen-bond donors (Lipinski definition) is 1. The van der Waals surface area contributed by atoms with Crippen molar-refractivity contribution in [3.63, 3.8) is 0 Å². The first-order chi connectivity index (χ1) is 8.81. The van der Waals surface area contributed by atoms with Crippen molar-refractivity contribution >= 4 is 12.1 Å². The minimum Gasteiger partial charge on any atom is -0.486 e. The van der Waals surface area contributed by atoms with E-state index in [0.717, 1.165) is 0 Å². The second-order valence-corrected chi connectivity index (χ2v) is 3.50. The van der Waals surface area contributed by atoms with E-state index in [1.54, 1.807) is 18.2 Å². The number of nitrogens with zero attached hydrogens (tertiary/aromatic N) is 2. The summed E-state index contributed by atoms with van der Waals surface area (Å²) in [5.74, 6) is 0.825. The summed E-state index contributed by atoms with van der Waals surface area (Å²) in [4.78, 5) is 11.0. The molecule has 2 rings (SSSR count). The lowest BCUT2D eigenvalue weighted by Gasteiger charge is -2.19. The molecule has 1 aromatic carbocycles. The van der Waals surface area contributed by atoms with Crippen LogP contribution in [0.15, 0.2) is 23.3 Å². The van der Waals surface area contributed by atoms with Crippen molar-refractivity contribution in [2.24, 2.45) is 5.10 Å². The summed E-state index contributed by atoms with van der Waals surface area (Å²) in [5, 5.41) is 12.1. The molecule has 6 heteroatoms. The number of hydrazone groups is 1. The zero-order valence-electron chi connectivity index (χ0n) is 9.55. The summed E-state index contributed by atoms with van der Waals surface area (Å²) >= 11 is 0. The van der Waals surface area contributed by atoms with Crippen LogP contribution < -0.4 is 14.9 Å². The van der Waals surface area contributed by atoms with Gasteiger partial charge < -0.3 is 9.47 Å². The third-order valence-corrected chi connectivity index (χ3v) is 2.23. The Kier molecular flexibility index (Phi) is 3.76. The van der Waals surface area contributed by atoms with Gasteiger partial charge in [0.25, 0.3) is 5.91 Å². The first-order valence-electron chi connectivity index (χ1n) is 5.38. The van der Waals surface area contributed by atoms with E-state index in [-0.39, 0.29) is 6.42 Å². The van der Waals surface area contributed by atoms with E-state index < -0.39 is 5.91 Å². The highest BCUT2D eigenvalue weighted by Crippen LogP contribution is 2.32. The summed E-state index contributed by atoms with van der Waals surface area (Å²) in [5.41, 5.74) is 2.96. The van der Waals surface area contributed by atoms with Crippen molar-refractivity contribution in [3.8, 4) is 17.6 Å². The number of amides is 1. The highest BCUT2D eigenvalue weighted by Gasteiger charge is 2.14. The molecule has 0 aliphatic carbocycles. The van der Waals surface area contributed by atoms with E-state index in [1.807, 2.05) is 6.07 Å². The molecule has 0 saturated carbocycles. The van der Waals surface area contributed by atoms with Crippen LogP contribution in [0, 0.1) is 11.3 Å². The molecule has 0 saturated heterocycles. The van der Waals surface area contributed by atoms with Gasteiger partial charge >= 0.3 is 0 Å². The Balaban J connectivity index is 2.08. The average Bonchev–Trinajstić information content (AvgIpc) is 2.39. The van der Waals surface area contributed by atoms with Crippen molar-refractivity contribution in [3.05, 3.63) is 23.8 Å². The lowest BCUT2D eigenvalue weighted by atomic mass is 10.2. The van der Waals surface area contributed by atoms with Gasteiger partial charge in [-0.2, -0.15) is 10.4 Å². The number of carbonyl (C=O) groups is 1. The highest BCUT2D eigenvalue weighted by molar-refractivity contribution is 5.86. The van der Waals surface area contributed by atoms with E-state index in [4.69, 9.17) is 14.7 Å². The third kappa shape index (κ3) is 2.77. The van der Waals surface area contributed by atoms with Crippen LogP contribution in [0.2, 0.25) is 0 Å². The van der Waals surface area contributed by atoms with E-state index >= 15 is 0 Å². The molecule has 0 bridgehead atoms. The zero-order chi connectivity index (χ0) is 12.8. The molecule has 92 valence electrons. The molecule has 1 N–H and O–H groups in total. The first kappa shape index (κ1) is 11.9. The average molecular weight is 245 g/mol. The Hall–Kier alpha value is -2.55. The van der Waals surface area contributed by atoms with Gasteiger partial charge in [-0.05, 0) is 12.1 Å². The van der Waals surface area contributed by atoms with Crippen LogP contribution in [-0.2, 0) is 4.79 Å². The number of ether oxygens (including phenoxy) is 2. The number of para-hydroxylation sites is 1. The zero-order valence-corrected chi connectivity index (χ0v) is 9.55. The molecule has 0 spiro atoms. The molecule has 18 heavy (non-hydrogen) atoms. The molecule has 1 aromatic rings. The topological polar surface area (TPSA) is 83.7 Å². The molecular weight excluding hydrogens is 234 g/mol. The van der Waals surface area contributed by atoms with Crippen molar-refractivity contribution in [2.45, 2.75) is 6.42 Å². The molecule has 6 nitrogen and oxygen atoms in total. The van der Waals surface area contributed by atoms with E-state index in [1.165, 1.54) is 6.21 Å². The maximum absolute atomic E-state index is 11.0. The Morgan fingerprint density at radius 1 is 1.50 bits per heavy atom. The number of carbonyl (C=O) groups excluding carboxylic acids is 1. The van der Waals surface area contributed by atoms with Gasteiger partial charge in [0.1, 0.15) is 19.6 Å². The summed E-state index contributed by atoms with van der Waals surface area (Å²) in [6.45, 7) is 1.01. The summed E-state index contributed by atoms with van der Waals surface area (Å²) in [7, 11) is 0. The smallest absolute Gasteiger partial charge is 0.254 e. The van der Waals surface area contributed by atoms with E-state index in [9.17, 15) is 4.79 Å². The molecule has 1 heterocycles. The maximum atomic E-state index is 11.0. The highest BCUT2D eigenvalue weighted by atomic mass is 16.6. The molecule has 0 aromatic heterocycles. The van der Waals surface area contributed by atoms with Gasteiger partial charge in [-0.1, -0.05) is 6.07 Å². The molecule has 1 aliphatic heterocycles. The Bertz CT molecular complexity index is 520. The van der Waals surface area contributed by atoms with Gasteiger partial charge in [-0.3, -0.25) is 4.79 Å². The number of nitrogens with one attached hydrogen (secondary N) is 1. The molecule has 1 amide bonds. The monoisotopic (exact) mass is 245 g/mol. The number of hydrogen-bond acceptors (Lipinski definition) is 5. The molecule has 1 aliphatic rings. The van der Waals surface area contributed by atoms with Gasteiger partial charge in [-0.15, -0.1) is 0 Å². The fourth-order valence-electron chi connectivity index (χ4n) is 1.48. The Morgan fingerprint density at radius 2 is 2.33 bits per heavy atom. The van der Waals surface area contributed by atoms with Gasteiger partial charge in [0.2, 0.25) is 0 Å². The van der Waals surface area contributed by atoms with Crippen LogP contribution in [-0.4, -0.2) is 25.3 Å². The fourth-order valence-corrected chi connectivity index (χ4v) is 1.48. The van der Waals surface area contributed by atoms with Gasteiger partial charge in [0.15, 0.2) is 11.5 Å². The Labute approximate surface area is 104 Å². The summed E-state index contributed by atoms with van der Waals surface area (Å²) in [6, 6.07) is 7.15. The second-order valence-electron chi connectivity index (χ2n) is 3.50. The predicted octanol–water partition coefficient (Wildman–Crippen LogP) is 0.822. The number of fused-ring (bicyclic) bond motifs is 1. The van der Waals surface area contributed by atoms with Crippen LogP contribution >= 0.6 is 0 Å². The van der Waals surface area contributed by atoms with Crippen LogP contribution in [0.3, 0.4) is 0 Å². The van der Waals surface area contributed by atoms with Gasteiger partial charge in [0, 0.05) is 5.56 Å². The van der Waals surface area contributed by atoms with Gasteiger partial charge in [-0.25, -0.2) is 5.43 Å². The molecule has 0 atom stereocenters. The third-order valence-electron chi connectivity index (χ3n) is 2.23. The van der Waals surface area contributed by atoms with E-state index in [0.29, 0.717) is 30.3 Å². The van der Waals surface area contributed by atoms with Crippen molar-refractivity contribution in [2.75, 3.05) is 13.2 Å². The van der Waals surface area contributed by atoms with Gasteiger partial charge in [0.05, 0.1) is 12.3 Å². The summed E-state index contributed by atoms with van der Waals surface area (Å²) in [6.07, 6.45) is 1.24. The quantitative estimate of drug-likeness (QED) is 0.631. The summed E-state index contributed by atoms with van der Waals surface area (Å²) < 4.78 is 10.9. The maximum Gasteiger partial charge on any atom is 0.254 e.